The number of ketones is 1. The maximum Gasteiger partial charge on any atom is 0.272 e. The molecule has 2 N–H and O–H groups in total. The van der Waals surface area contributed by atoms with Gasteiger partial charge in [-0.3, -0.25) is 14.4 Å². The largest absolute Gasteiger partial charge is 0.496 e. The molecule has 0 aliphatic rings. The molecule has 0 saturated heterocycles. The van der Waals surface area contributed by atoms with E-state index in [1.54, 1.807) is 48.5 Å². The number of hydrogen-bond acceptors (Lipinski definition) is 6. The van der Waals surface area contributed by atoms with Gasteiger partial charge in [0.15, 0.2) is 17.3 Å². The molecule has 0 radical (unpaired) electrons. The Morgan fingerprint density at radius 1 is 0.773 bits per heavy atom. The Kier molecular flexibility index (Phi) is 10.5. The molecule has 8 nitrogen and oxygen atoms in total. The van der Waals surface area contributed by atoms with Crippen molar-refractivity contribution in [3.63, 3.8) is 0 Å². The highest BCUT2D eigenvalue weighted by molar-refractivity contribution is 6.32. The van der Waals surface area contributed by atoms with Crippen molar-refractivity contribution in [2.45, 2.75) is 0 Å². The average Bonchev–Trinajstić information content (AvgIpc) is 3.04. The molecule has 2 amide bonds. The lowest BCUT2D eigenvalue weighted by atomic mass is 10.1. The van der Waals surface area contributed by atoms with E-state index < -0.39 is 17.6 Å². The second-order valence-corrected chi connectivity index (χ2v) is 9.60. The number of carbonyl (C=O) groups excluding carboxylic acids is 3. The molecule has 0 aliphatic heterocycles. The Labute approximate surface area is 258 Å². The van der Waals surface area contributed by atoms with Crippen LogP contribution in [0, 0.1) is 5.82 Å². The standard InChI is InChI=1S/C34H28ClFN2O6/c1-42-30-20-32(44-3)31(43-2)18-23(30)14-17-29(39)21-12-15-24(16-13-21)37-34(41)28(19-25-26(35)10-7-11-27(25)36)38-33(40)22-8-5-4-6-9-22/h4-20H,1-3H3,(H,37,41)(H,38,40)/b17-14+,28-19-. The van der Waals surface area contributed by atoms with E-state index in [0.29, 0.717) is 39.6 Å². The first-order valence-electron chi connectivity index (χ1n) is 13.2. The van der Waals surface area contributed by atoms with Gasteiger partial charge in [-0.15, -0.1) is 0 Å². The lowest BCUT2D eigenvalue weighted by molar-refractivity contribution is -0.113. The van der Waals surface area contributed by atoms with E-state index in [0.717, 1.165) is 0 Å². The number of methoxy groups -OCH3 is 3. The van der Waals surface area contributed by atoms with E-state index in [1.807, 2.05) is 0 Å². The third-order valence-electron chi connectivity index (χ3n) is 6.39. The number of carbonyl (C=O) groups is 3. The summed E-state index contributed by atoms with van der Waals surface area (Å²) in [5.74, 6) is -0.815. The Morgan fingerprint density at radius 3 is 2.07 bits per heavy atom. The van der Waals surface area contributed by atoms with Crippen LogP contribution in [0.25, 0.3) is 12.2 Å². The summed E-state index contributed by atoms with van der Waals surface area (Å²) in [4.78, 5) is 39.0. The molecule has 0 aromatic heterocycles. The third kappa shape index (κ3) is 7.70. The van der Waals surface area contributed by atoms with Crippen LogP contribution < -0.4 is 24.8 Å². The van der Waals surface area contributed by atoms with Crippen molar-refractivity contribution in [1.29, 1.82) is 0 Å². The van der Waals surface area contributed by atoms with Gasteiger partial charge < -0.3 is 24.8 Å². The van der Waals surface area contributed by atoms with Gasteiger partial charge in [-0.25, -0.2) is 4.39 Å². The quantitative estimate of drug-likeness (QED) is 0.142. The molecule has 224 valence electrons. The summed E-state index contributed by atoms with van der Waals surface area (Å²) in [5.41, 5.74) is 1.28. The molecular formula is C34H28ClFN2O6. The molecule has 0 atom stereocenters. The highest BCUT2D eigenvalue weighted by Gasteiger charge is 2.17. The molecule has 0 spiro atoms. The van der Waals surface area contributed by atoms with Crippen molar-refractivity contribution in [1.82, 2.24) is 5.32 Å². The van der Waals surface area contributed by atoms with Crippen LogP contribution in [0.15, 0.2) is 96.7 Å². The molecule has 0 heterocycles. The van der Waals surface area contributed by atoms with Crippen LogP contribution in [0.4, 0.5) is 10.1 Å². The minimum absolute atomic E-state index is 0.0610. The van der Waals surface area contributed by atoms with Gasteiger partial charge in [-0.2, -0.15) is 0 Å². The van der Waals surface area contributed by atoms with Gasteiger partial charge in [-0.05, 0) is 72.8 Å². The topological polar surface area (TPSA) is 103 Å². The number of hydrogen-bond donors (Lipinski definition) is 2. The zero-order valence-corrected chi connectivity index (χ0v) is 24.8. The molecule has 4 aromatic carbocycles. The van der Waals surface area contributed by atoms with Crippen molar-refractivity contribution >= 4 is 47.0 Å². The third-order valence-corrected chi connectivity index (χ3v) is 6.72. The molecule has 0 fully saturated rings. The Hall–Kier alpha value is -5.41. The Morgan fingerprint density at radius 2 is 1.43 bits per heavy atom. The summed E-state index contributed by atoms with van der Waals surface area (Å²) in [7, 11) is 4.53. The molecule has 0 unspecified atom stereocenters. The van der Waals surface area contributed by atoms with Crippen LogP contribution in [-0.2, 0) is 4.79 Å². The average molecular weight is 615 g/mol. The van der Waals surface area contributed by atoms with Crippen molar-refractivity contribution in [3.05, 3.63) is 130 Å². The normalized spacial score (nSPS) is 11.2. The van der Waals surface area contributed by atoms with E-state index in [1.165, 1.54) is 75.9 Å². The Bertz CT molecular complexity index is 1720. The first-order chi connectivity index (χ1) is 21.2. The van der Waals surface area contributed by atoms with Gasteiger partial charge in [0.05, 0.1) is 26.4 Å². The monoisotopic (exact) mass is 614 g/mol. The van der Waals surface area contributed by atoms with Crippen molar-refractivity contribution in [2.24, 2.45) is 0 Å². The lowest BCUT2D eigenvalue weighted by Crippen LogP contribution is -2.30. The van der Waals surface area contributed by atoms with E-state index in [2.05, 4.69) is 10.6 Å². The first kappa shape index (κ1) is 31.5. The van der Waals surface area contributed by atoms with E-state index in [4.69, 9.17) is 25.8 Å². The number of halogens is 2. The number of allylic oxidation sites excluding steroid dienone is 1. The maximum absolute atomic E-state index is 14.5. The molecule has 4 rings (SSSR count). The van der Waals surface area contributed by atoms with Gasteiger partial charge in [0, 0.05) is 34.0 Å². The predicted molar refractivity (Wildman–Crippen MR) is 168 cm³/mol. The fraction of sp³-hybridized carbons (Fsp3) is 0.0882. The van der Waals surface area contributed by atoms with Crippen molar-refractivity contribution in [3.8, 4) is 17.2 Å². The molecule has 44 heavy (non-hydrogen) atoms. The second kappa shape index (κ2) is 14.7. The first-order valence-corrected chi connectivity index (χ1v) is 13.6. The maximum atomic E-state index is 14.5. The van der Waals surface area contributed by atoms with Crippen LogP contribution in [0.2, 0.25) is 5.02 Å². The van der Waals surface area contributed by atoms with E-state index in [9.17, 15) is 18.8 Å². The minimum atomic E-state index is -0.729. The van der Waals surface area contributed by atoms with Crippen molar-refractivity contribution in [2.75, 3.05) is 26.6 Å². The summed E-state index contributed by atoms with van der Waals surface area (Å²) in [6.07, 6.45) is 4.15. The second-order valence-electron chi connectivity index (χ2n) is 9.19. The lowest BCUT2D eigenvalue weighted by Gasteiger charge is -2.12. The fourth-order valence-corrected chi connectivity index (χ4v) is 4.31. The molecule has 10 heteroatoms. The van der Waals surface area contributed by atoms with Crippen LogP contribution in [0.3, 0.4) is 0 Å². The molecule has 0 aliphatic carbocycles. The van der Waals surface area contributed by atoms with E-state index in [-0.39, 0.29) is 22.1 Å². The summed E-state index contributed by atoms with van der Waals surface area (Å²) >= 11 is 6.16. The predicted octanol–water partition coefficient (Wildman–Crippen LogP) is 6.81. The van der Waals surface area contributed by atoms with Crippen LogP contribution in [0.1, 0.15) is 31.8 Å². The molecule has 4 aromatic rings. The minimum Gasteiger partial charge on any atom is -0.496 e. The van der Waals surface area contributed by atoms with Gasteiger partial charge >= 0.3 is 0 Å². The molecular weight excluding hydrogens is 587 g/mol. The molecule has 0 bridgehead atoms. The van der Waals surface area contributed by atoms with Gasteiger partial charge in [0.1, 0.15) is 17.3 Å². The summed E-state index contributed by atoms with van der Waals surface area (Å²) in [6.45, 7) is 0. The summed E-state index contributed by atoms with van der Waals surface area (Å²) in [6, 6.07) is 21.8. The zero-order valence-electron chi connectivity index (χ0n) is 24.0. The highest BCUT2D eigenvalue weighted by atomic mass is 35.5. The zero-order chi connectivity index (χ0) is 31.6. The highest BCUT2D eigenvalue weighted by Crippen LogP contribution is 2.35. The van der Waals surface area contributed by atoms with E-state index >= 15 is 0 Å². The summed E-state index contributed by atoms with van der Waals surface area (Å²) in [5, 5.41) is 5.26. The van der Waals surface area contributed by atoms with Gasteiger partial charge in [-0.1, -0.05) is 35.9 Å². The number of ether oxygens (including phenoxy) is 3. The number of anilines is 1. The number of benzene rings is 4. The molecule has 0 saturated carbocycles. The SMILES string of the molecule is COc1cc(OC)c(OC)cc1/C=C/C(=O)c1ccc(NC(=O)/C(=C/c2c(F)cccc2Cl)NC(=O)c2ccccc2)cc1. The van der Waals surface area contributed by atoms with Crippen molar-refractivity contribution < 1.29 is 33.0 Å². The van der Waals surface area contributed by atoms with Gasteiger partial charge in [0.25, 0.3) is 11.8 Å². The van der Waals surface area contributed by atoms with Crippen LogP contribution >= 0.6 is 11.6 Å². The fourth-order valence-electron chi connectivity index (χ4n) is 4.10. The number of rotatable bonds is 11. The Balaban J connectivity index is 1.53. The van der Waals surface area contributed by atoms with Crippen LogP contribution in [0.5, 0.6) is 17.2 Å². The smallest absolute Gasteiger partial charge is 0.272 e. The van der Waals surface area contributed by atoms with Gasteiger partial charge in [0.2, 0.25) is 0 Å². The van der Waals surface area contributed by atoms with Crippen LogP contribution in [-0.4, -0.2) is 38.9 Å². The number of amides is 2. The number of nitrogens with one attached hydrogen (secondary N) is 2. The summed E-state index contributed by atoms with van der Waals surface area (Å²) < 4.78 is 30.6.